The Morgan fingerprint density at radius 3 is 1.34 bits per heavy atom. The smallest absolute Gasteiger partial charge is 0.330 e. The lowest BCUT2D eigenvalue weighted by Crippen LogP contribution is -2.29. The maximum Gasteiger partial charge on any atom is 0.330 e. The van der Waals surface area contributed by atoms with Crippen LogP contribution in [0.4, 0.5) is 0 Å². The van der Waals surface area contributed by atoms with E-state index in [4.69, 9.17) is 47.6 Å². The Morgan fingerprint density at radius 1 is 0.435 bits per heavy atom. The SMILES string of the molecule is C=CC(=O)OCCCCCCOc1ccc(CCOC(=O)C2CCC(C(=O)Oc3ccc4c(c3)nc(SC3CCC(OCCCCCC)CC3)c3cc(OC(=O)C5CCC(C(=O)OCCc6ccc(OCCCCCCOC(=O)C=C)cc6)CC5)ccc34)CC2)cc1. The van der Waals surface area contributed by atoms with Gasteiger partial charge in [-0.3, -0.25) is 19.2 Å². The standard InChI is InChI=1S/C75H95NO15S/c1-4-7-8-13-44-85-61-34-38-64(39-35-61)92-71-67-51-62(90-74(81)57-26-22-55(23-27-57)72(79)88-49-42-53-18-30-59(31-19-53)83-45-14-9-11-16-47-86-69(77)5-2)36-40-65(67)66-41-37-63(52-68(66)76-71)91-75(82)58-28-24-56(25-29-58)73(80)89-50-43-54-20-32-60(33-21-54)84-46-15-10-12-17-48-87-70(78)6-3/h5-6,18-21,30-33,36-37,40-41,51-52,55-58,61,64H,2-4,7-17,22-29,34-35,38-39,42-50H2,1H3. The van der Waals surface area contributed by atoms with Crippen LogP contribution >= 0.6 is 11.8 Å². The van der Waals surface area contributed by atoms with Crippen LogP contribution in [0.1, 0.15) is 172 Å². The van der Waals surface area contributed by atoms with Gasteiger partial charge in [0.25, 0.3) is 0 Å². The zero-order chi connectivity index (χ0) is 64.7. The minimum atomic E-state index is -0.394. The van der Waals surface area contributed by atoms with Crippen LogP contribution in [-0.4, -0.2) is 98.4 Å². The van der Waals surface area contributed by atoms with Gasteiger partial charge in [0.2, 0.25) is 0 Å². The molecular weight excluding hydrogens is 1190 g/mol. The van der Waals surface area contributed by atoms with E-state index in [0.717, 1.165) is 134 Å². The number of esters is 6. The number of benzene rings is 4. The molecule has 0 spiro atoms. The van der Waals surface area contributed by atoms with Crippen LogP contribution in [0.3, 0.4) is 0 Å². The largest absolute Gasteiger partial charge is 0.494 e. The zero-order valence-electron chi connectivity index (χ0n) is 53.9. The van der Waals surface area contributed by atoms with Gasteiger partial charge in [0, 0.05) is 53.7 Å². The molecule has 1 aromatic heterocycles. The van der Waals surface area contributed by atoms with Crippen LogP contribution in [0, 0.1) is 23.7 Å². The van der Waals surface area contributed by atoms with Crippen LogP contribution in [0.25, 0.3) is 21.7 Å². The predicted molar refractivity (Wildman–Crippen MR) is 356 cm³/mol. The molecule has 17 heteroatoms. The molecule has 496 valence electrons. The van der Waals surface area contributed by atoms with Crippen molar-refractivity contribution in [3.05, 3.63) is 121 Å². The van der Waals surface area contributed by atoms with Gasteiger partial charge in [-0.2, -0.15) is 0 Å². The maximum atomic E-state index is 13.8. The number of nitrogens with zero attached hydrogens (tertiary/aromatic N) is 1. The van der Waals surface area contributed by atoms with Gasteiger partial charge in [-0.25, -0.2) is 14.6 Å². The Morgan fingerprint density at radius 2 is 0.859 bits per heavy atom. The fourth-order valence-corrected chi connectivity index (χ4v) is 13.4. The summed E-state index contributed by atoms with van der Waals surface area (Å²) in [4.78, 5) is 81.5. The van der Waals surface area contributed by atoms with E-state index in [-0.39, 0.29) is 66.9 Å². The molecule has 1 heterocycles. The number of carbonyl (C=O) groups is 6. The number of hydrogen-bond donors (Lipinski definition) is 0. The highest BCUT2D eigenvalue weighted by molar-refractivity contribution is 8.00. The summed E-state index contributed by atoms with van der Waals surface area (Å²) in [7, 11) is 0. The highest BCUT2D eigenvalue weighted by atomic mass is 32.2. The van der Waals surface area contributed by atoms with Gasteiger partial charge in [-0.1, -0.05) is 63.6 Å². The summed E-state index contributed by atoms with van der Waals surface area (Å²) in [6, 6.07) is 27.0. The zero-order valence-corrected chi connectivity index (χ0v) is 54.7. The van der Waals surface area contributed by atoms with Gasteiger partial charge in [0.1, 0.15) is 28.0 Å². The number of thioether (sulfide) groups is 1. The summed E-state index contributed by atoms with van der Waals surface area (Å²) in [6.45, 7) is 12.4. The molecule has 8 rings (SSSR count). The molecule has 3 saturated carbocycles. The number of fused-ring (bicyclic) bond motifs is 3. The van der Waals surface area contributed by atoms with Crippen LogP contribution in [0.2, 0.25) is 0 Å². The molecule has 92 heavy (non-hydrogen) atoms. The molecule has 0 N–H and O–H groups in total. The normalized spacial score (nSPS) is 18.9. The van der Waals surface area contributed by atoms with Crippen LogP contribution < -0.4 is 18.9 Å². The fraction of sp³-hybridized carbons (Fsp3) is 0.533. The minimum absolute atomic E-state index is 0.232. The average Bonchev–Trinajstić information content (AvgIpc) is 0.776. The first-order chi connectivity index (χ1) is 44.9. The third-order valence-electron chi connectivity index (χ3n) is 17.7. The van der Waals surface area contributed by atoms with E-state index in [1.165, 1.54) is 31.4 Å². The Labute approximate surface area is 547 Å². The second-order valence-electron chi connectivity index (χ2n) is 24.6. The lowest BCUT2D eigenvalue weighted by atomic mass is 9.82. The number of aromatic nitrogens is 1. The van der Waals surface area contributed by atoms with Crippen molar-refractivity contribution >= 4 is 69.3 Å². The first-order valence-electron chi connectivity index (χ1n) is 33.9. The number of pyridine rings is 1. The molecule has 0 radical (unpaired) electrons. The van der Waals surface area contributed by atoms with Crippen molar-refractivity contribution in [3.63, 3.8) is 0 Å². The third-order valence-corrected chi connectivity index (χ3v) is 19.1. The molecule has 0 unspecified atom stereocenters. The summed E-state index contributed by atoms with van der Waals surface area (Å²) in [5.74, 6) is -0.711. The Hall–Kier alpha value is -7.24. The van der Waals surface area contributed by atoms with Gasteiger partial charge in [0.15, 0.2) is 0 Å². The number of hydrogen-bond acceptors (Lipinski definition) is 17. The second-order valence-corrected chi connectivity index (χ2v) is 25.9. The Balaban J connectivity index is 0.787. The number of carbonyl (C=O) groups excluding carboxylic acids is 6. The highest BCUT2D eigenvalue weighted by Gasteiger charge is 2.34. The number of rotatable bonds is 38. The molecule has 0 bridgehead atoms. The number of unbranched alkanes of at least 4 members (excludes halogenated alkanes) is 9. The molecule has 16 nitrogen and oxygen atoms in total. The van der Waals surface area contributed by atoms with E-state index in [0.29, 0.717) is 113 Å². The first-order valence-corrected chi connectivity index (χ1v) is 34.8. The molecular formula is C75H95NO15S. The van der Waals surface area contributed by atoms with Crippen molar-refractivity contribution in [1.82, 2.24) is 4.98 Å². The summed E-state index contributed by atoms with van der Waals surface area (Å²) in [5.41, 5.74) is 2.77. The molecule has 0 saturated heterocycles. The summed E-state index contributed by atoms with van der Waals surface area (Å²) < 4.78 is 51.8. The average molecular weight is 1280 g/mol. The fourth-order valence-electron chi connectivity index (χ4n) is 12.2. The summed E-state index contributed by atoms with van der Waals surface area (Å²) in [6.07, 6.45) is 24.0. The molecule has 0 atom stereocenters. The van der Waals surface area contributed by atoms with Crippen LogP contribution in [0.15, 0.2) is 115 Å². The summed E-state index contributed by atoms with van der Waals surface area (Å²) in [5, 5.41) is 3.83. The molecule has 3 aliphatic rings. The van der Waals surface area contributed by atoms with Gasteiger partial charge < -0.3 is 42.6 Å². The van der Waals surface area contributed by atoms with E-state index in [2.05, 4.69) is 20.1 Å². The van der Waals surface area contributed by atoms with Gasteiger partial charge in [-0.05, 0) is 206 Å². The summed E-state index contributed by atoms with van der Waals surface area (Å²) >= 11 is 1.74. The predicted octanol–water partition coefficient (Wildman–Crippen LogP) is 15.7. The van der Waals surface area contributed by atoms with E-state index >= 15 is 0 Å². The molecule has 5 aromatic rings. The Kier molecular flexibility index (Phi) is 29.7. The van der Waals surface area contributed by atoms with E-state index in [9.17, 15) is 28.8 Å². The third kappa shape index (κ3) is 23.4. The van der Waals surface area contributed by atoms with E-state index in [1.54, 1.807) is 17.8 Å². The van der Waals surface area contributed by atoms with Crippen LogP contribution in [-0.2, 0) is 65.3 Å². The van der Waals surface area contributed by atoms with Crippen LogP contribution in [0.5, 0.6) is 23.0 Å². The molecule has 3 aliphatic carbocycles. The van der Waals surface area contributed by atoms with E-state index < -0.39 is 11.9 Å². The minimum Gasteiger partial charge on any atom is -0.494 e. The van der Waals surface area contributed by atoms with Gasteiger partial charge >= 0.3 is 35.8 Å². The van der Waals surface area contributed by atoms with E-state index in [1.807, 2.05) is 78.9 Å². The topological polar surface area (TPSA) is 198 Å². The quantitative estimate of drug-likeness (QED) is 0.00902. The molecule has 0 aliphatic heterocycles. The van der Waals surface area contributed by atoms with Crippen molar-refractivity contribution in [2.75, 3.05) is 46.2 Å². The van der Waals surface area contributed by atoms with Gasteiger partial charge in [0.05, 0.1) is 74.9 Å². The van der Waals surface area contributed by atoms with Crippen molar-refractivity contribution in [3.8, 4) is 23.0 Å². The van der Waals surface area contributed by atoms with Crippen molar-refractivity contribution in [1.29, 1.82) is 0 Å². The Bertz CT molecular complexity index is 3160. The van der Waals surface area contributed by atoms with Gasteiger partial charge in [-0.15, -0.1) is 11.8 Å². The maximum absolute atomic E-state index is 13.8. The van der Waals surface area contributed by atoms with Crippen molar-refractivity contribution < 1.29 is 71.4 Å². The van der Waals surface area contributed by atoms with Crippen molar-refractivity contribution in [2.24, 2.45) is 23.7 Å². The van der Waals surface area contributed by atoms with Crippen molar-refractivity contribution in [2.45, 2.75) is 190 Å². The lowest BCUT2D eigenvalue weighted by molar-refractivity contribution is -0.152. The number of ether oxygens (including phenoxy) is 9. The molecule has 4 aromatic carbocycles. The highest BCUT2D eigenvalue weighted by Crippen LogP contribution is 2.42. The second kappa shape index (κ2) is 38.7. The molecule has 3 fully saturated rings. The monoisotopic (exact) mass is 1280 g/mol. The lowest BCUT2D eigenvalue weighted by Gasteiger charge is -2.28. The first kappa shape index (κ1) is 70.6. The molecule has 0 amide bonds.